The molecule has 0 atom stereocenters. The lowest BCUT2D eigenvalue weighted by Gasteiger charge is -1.93. The number of carbonyl (C=O) groups excluding carboxylic acids is 1. The summed E-state index contributed by atoms with van der Waals surface area (Å²) in [5, 5.41) is 10.6. The van der Waals surface area contributed by atoms with Gasteiger partial charge in [-0.2, -0.15) is 0 Å². The summed E-state index contributed by atoms with van der Waals surface area (Å²) >= 11 is 0. The first-order valence-corrected chi connectivity index (χ1v) is 4.42. The van der Waals surface area contributed by atoms with Crippen molar-refractivity contribution in [1.29, 1.82) is 0 Å². The number of carbonyl (C=O) groups is 1. The van der Waals surface area contributed by atoms with Crippen LogP contribution in [0.25, 0.3) is 0 Å². The predicted molar refractivity (Wildman–Crippen MR) is 44.8 cm³/mol. The van der Waals surface area contributed by atoms with Gasteiger partial charge in [0.2, 0.25) is 6.33 Å². The first-order valence-electron chi connectivity index (χ1n) is 4.42. The molecular formula is C9H14N2O2. The lowest BCUT2D eigenvalue weighted by molar-refractivity contribution is -0.696. The molecule has 72 valence electrons. The Labute approximate surface area is 77.4 Å². The normalized spacial score (nSPS) is 10.3. The third kappa shape index (κ3) is 2.31. The standard InChI is InChI=1S/C9H14N2O2/c1-3-4-5-11-6-8(9(12)13)10(2)7-11/h6-7H,3-5H2,1-2H3. The van der Waals surface area contributed by atoms with Crippen molar-refractivity contribution in [2.45, 2.75) is 26.3 Å². The quantitative estimate of drug-likeness (QED) is 0.588. The minimum atomic E-state index is -1.13. The van der Waals surface area contributed by atoms with E-state index in [2.05, 4.69) is 6.92 Å². The summed E-state index contributed by atoms with van der Waals surface area (Å²) in [6.45, 7) is 2.96. The topological polar surface area (TPSA) is 48.9 Å². The molecule has 0 unspecified atom stereocenters. The first kappa shape index (κ1) is 9.77. The molecule has 0 spiro atoms. The van der Waals surface area contributed by atoms with Crippen LogP contribution in [0, 0.1) is 0 Å². The zero-order chi connectivity index (χ0) is 9.84. The molecule has 0 fully saturated rings. The van der Waals surface area contributed by atoms with E-state index >= 15 is 0 Å². The minimum absolute atomic E-state index is 0.219. The molecule has 0 aliphatic heterocycles. The maximum atomic E-state index is 10.6. The van der Waals surface area contributed by atoms with Crippen molar-refractivity contribution in [3.8, 4) is 0 Å². The molecule has 0 aliphatic rings. The van der Waals surface area contributed by atoms with E-state index < -0.39 is 5.97 Å². The van der Waals surface area contributed by atoms with E-state index in [9.17, 15) is 9.90 Å². The van der Waals surface area contributed by atoms with E-state index in [-0.39, 0.29) is 5.69 Å². The number of carboxylic acid groups (broad SMARTS) is 1. The molecule has 0 saturated carbocycles. The molecule has 1 aromatic rings. The molecule has 0 aliphatic carbocycles. The Morgan fingerprint density at radius 3 is 2.85 bits per heavy atom. The highest BCUT2D eigenvalue weighted by atomic mass is 16.4. The minimum Gasteiger partial charge on any atom is -0.541 e. The van der Waals surface area contributed by atoms with Crippen LogP contribution in [0.1, 0.15) is 30.3 Å². The number of rotatable bonds is 4. The van der Waals surface area contributed by atoms with Crippen molar-refractivity contribution in [3.05, 3.63) is 18.2 Å². The highest BCUT2D eigenvalue weighted by molar-refractivity contribution is 5.82. The first-order chi connectivity index (χ1) is 6.15. The Kier molecular flexibility index (Phi) is 3.06. The van der Waals surface area contributed by atoms with Crippen molar-refractivity contribution < 1.29 is 14.5 Å². The monoisotopic (exact) mass is 182 g/mol. The zero-order valence-corrected chi connectivity index (χ0v) is 7.99. The van der Waals surface area contributed by atoms with Crippen molar-refractivity contribution in [3.63, 3.8) is 0 Å². The molecule has 0 aromatic carbocycles. The summed E-state index contributed by atoms with van der Waals surface area (Å²) in [7, 11) is 1.70. The van der Waals surface area contributed by atoms with E-state index in [1.54, 1.807) is 24.1 Å². The fourth-order valence-electron chi connectivity index (χ4n) is 1.23. The van der Waals surface area contributed by atoms with Gasteiger partial charge in [0.25, 0.3) is 0 Å². The molecule has 4 heteroatoms. The van der Waals surface area contributed by atoms with E-state index in [0.29, 0.717) is 0 Å². The molecule has 0 bridgehead atoms. The number of aromatic carboxylic acids is 1. The summed E-state index contributed by atoms with van der Waals surface area (Å²) in [5.74, 6) is -1.13. The van der Waals surface area contributed by atoms with Crippen molar-refractivity contribution >= 4 is 5.97 Å². The largest absolute Gasteiger partial charge is 0.541 e. The van der Waals surface area contributed by atoms with E-state index in [1.807, 2.05) is 4.57 Å². The number of aryl methyl sites for hydroxylation is 2. The summed E-state index contributed by atoms with van der Waals surface area (Å²) in [6.07, 6.45) is 5.52. The van der Waals surface area contributed by atoms with Gasteiger partial charge in [-0.1, -0.05) is 13.3 Å². The van der Waals surface area contributed by atoms with E-state index in [1.165, 1.54) is 0 Å². The van der Waals surface area contributed by atoms with Crippen molar-refractivity contribution in [2.24, 2.45) is 7.05 Å². The van der Waals surface area contributed by atoms with E-state index in [0.717, 1.165) is 19.4 Å². The molecule has 1 rings (SSSR count). The van der Waals surface area contributed by atoms with Crippen LogP contribution < -0.4 is 9.67 Å². The molecular weight excluding hydrogens is 168 g/mol. The molecule has 13 heavy (non-hydrogen) atoms. The van der Waals surface area contributed by atoms with Gasteiger partial charge in [0, 0.05) is 0 Å². The lowest BCUT2D eigenvalue weighted by Crippen LogP contribution is -2.31. The second-order valence-corrected chi connectivity index (χ2v) is 3.12. The van der Waals surface area contributed by atoms with Crippen LogP contribution in [0.2, 0.25) is 0 Å². The van der Waals surface area contributed by atoms with Crippen LogP contribution in [0.5, 0.6) is 0 Å². The Morgan fingerprint density at radius 2 is 2.38 bits per heavy atom. The number of unbranched alkanes of at least 4 members (excludes halogenated alkanes) is 1. The Hall–Kier alpha value is -1.32. The Bertz CT molecular complexity index is 305. The number of hydrogen-bond donors (Lipinski definition) is 0. The molecule has 4 nitrogen and oxygen atoms in total. The average Bonchev–Trinajstić information content (AvgIpc) is 2.43. The highest BCUT2D eigenvalue weighted by Gasteiger charge is 2.09. The van der Waals surface area contributed by atoms with Crippen LogP contribution in [-0.2, 0) is 13.6 Å². The maximum absolute atomic E-state index is 10.6. The number of carboxylic acids is 1. The average molecular weight is 182 g/mol. The number of nitrogens with zero attached hydrogens (tertiary/aromatic N) is 2. The second-order valence-electron chi connectivity index (χ2n) is 3.12. The highest BCUT2D eigenvalue weighted by Crippen LogP contribution is 1.93. The van der Waals surface area contributed by atoms with Crippen LogP contribution in [0.4, 0.5) is 0 Å². The van der Waals surface area contributed by atoms with Gasteiger partial charge in [0.1, 0.15) is 12.2 Å². The van der Waals surface area contributed by atoms with E-state index in [4.69, 9.17) is 0 Å². The zero-order valence-electron chi connectivity index (χ0n) is 7.99. The van der Waals surface area contributed by atoms with Crippen molar-refractivity contribution in [2.75, 3.05) is 0 Å². The molecule has 0 saturated heterocycles. The summed E-state index contributed by atoms with van der Waals surface area (Å²) in [4.78, 5) is 10.6. The second kappa shape index (κ2) is 4.07. The van der Waals surface area contributed by atoms with Gasteiger partial charge < -0.3 is 9.90 Å². The van der Waals surface area contributed by atoms with Gasteiger partial charge >= 0.3 is 0 Å². The van der Waals surface area contributed by atoms with Crippen LogP contribution >= 0.6 is 0 Å². The van der Waals surface area contributed by atoms with Gasteiger partial charge in [-0.3, -0.25) is 0 Å². The summed E-state index contributed by atoms with van der Waals surface area (Å²) in [6, 6.07) is 0. The van der Waals surface area contributed by atoms with Gasteiger partial charge in [-0.25, -0.2) is 9.13 Å². The molecule has 1 aromatic heterocycles. The third-order valence-electron chi connectivity index (χ3n) is 1.97. The van der Waals surface area contributed by atoms with Gasteiger partial charge in [0.15, 0.2) is 5.69 Å². The Morgan fingerprint density at radius 1 is 1.69 bits per heavy atom. The van der Waals surface area contributed by atoms with Gasteiger partial charge in [-0.05, 0) is 6.42 Å². The SMILES string of the molecule is CCCC[n+]1cc(C(=O)[O-])n(C)c1. The molecule has 0 amide bonds. The number of hydrogen-bond acceptors (Lipinski definition) is 2. The Balaban J connectivity index is 2.76. The molecule has 1 heterocycles. The summed E-state index contributed by atoms with van der Waals surface area (Å²) in [5.41, 5.74) is 0.219. The predicted octanol–water partition coefficient (Wildman–Crippen LogP) is -0.524. The third-order valence-corrected chi connectivity index (χ3v) is 1.97. The fourth-order valence-corrected chi connectivity index (χ4v) is 1.23. The number of imidazole rings is 1. The van der Waals surface area contributed by atoms with Gasteiger partial charge in [0.05, 0.1) is 13.6 Å². The smallest absolute Gasteiger partial charge is 0.244 e. The van der Waals surface area contributed by atoms with Crippen molar-refractivity contribution in [1.82, 2.24) is 4.57 Å². The maximum Gasteiger partial charge on any atom is 0.244 e. The van der Waals surface area contributed by atoms with Gasteiger partial charge in [-0.15, -0.1) is 0 Å². The molecule has 0 N–H and O–H groups in total. The van der Waals surface area contributed by atoms with Crippen LogP contribution in [0.3, 0.4) is 0 Å². The van der Waals surface area contributed by atoms with Crippen LogP contribution in [-0.4, -0.2) is 10.5 Å². The van der Waals surface area contributed by atoms with Crippen LogP contribution in [0.15, 0.2) is 12.5 Å². The summed E-state index contributed by atoms with van der Waals surface area (Å²) < 4.78 is 3.43. The fraction of sp³-hybridized carbons (Fsp3) is 0.556. The molecule has 0 radical (unpaired) electrons. The lowest BCUT2D eigenvalue weighted by atomic mass is 10.3. The number of aromatic nitrogens is 2.